The maximum absolute atomic E-state index is 12.7. The van der Waals surface area contributed by atoms with E-state index < -0.39 is 5.97 Å². The molecular weight excluding hydrogens is 498 g/mol. The van der Waals surface area contributed by atoms with Crippen LogP contribution in [0.15, 0.2) is 29.3 Å². The molecule has 2 aliphatic rings. The van der Waals surface area contributed by atoms with Gasteiger partial charge in [0.15, 0.2) is 0 Å². The molecule has 0 saturated carbocycles. The number of carboxylic acids is 1. The third-order valence-corrected chi connectivity index (χ3v) is 8.00. The fourth-order valence-corrected chi connectivity index (χ4v) is 5.51. The number of pyridine rings is 1. The molecule has 0 spiro atoms. The van der Waals surface area contributed by atoms with Gasteiger partial charge in [-0.1, -0.05) is 0 Å². The van der Waals surface area contributed by atoms with E-state index in [1.165, 1.54) is 6.20 Å². The summed E-state index contributed by atoms with van der Waals surface area (Å²) in [4.78, 5) is 41.9. The van der Waals surface area contributed by atoms with E-state index in [2.05, 4.69) is 41.4 Å². The highest BCUT2D eigenvalue weighted by Gasteiger charge is 2.33. The molecule has 3 aromatic rings. The van der Waals surface area contributed by atoms with Gasteiger partial charge in [-0.05, 0) is 63.5 Å². The number of hydrogen-bond acceptors (Lipinski definition) is 10. The molecule has 12 heteroatoms. The van der Waals surface area contributed by atoms with Crippen molar-refractivity contribution in [2.24, 2.45) is 17.3 Å². The number of anilines is 4. The molecule has 12 nitrogen and oxygen atoms in total. The smallest absolute Gasteiger partial charge is 0.303 e. The van der Waals surface area contributed by atoms with Crippen LogP contribution in [-0.2, 0) is 4.79 Å². The third kappa shape index (κ3) is 5.77. The summed E-state index contributed by atoms with van der Waals surface area (Å²) < 4.78 is 0. The Morgan fingerprint density at radius 1 is 1.13 bits per heavy atom. The first kappa shape index (κ1) is 26.3. The average Bonchev–Trinajstić information content (AvgIpc) is 2.93. The lowest BCUT2D eigenvalue weighted by atomic mass is 9.75. The molecule has 3 N–H and O–H groups in total. The molecule has 0 radical (unpaired) electrons. The monoisotopic (exact) mass is 531 g/mol. The summed E-state index contributed by atoms with van der Waals surface area (Å²) in [6.07, 6.45) is 6.81. The van der Waals surface area contributed by atoms with Crippen LogP contribution in [0.2, 0.25) is 0 Å². The number of fused-ring (bicyclic) bond motifs is 1. The van der Waals surface area contributed by atoms with Crippen molar-refractivity contribution in [1.29, 1.82) is 5.26 Å². The molecule has 0 amide bonds. The molecule has 2 fully saturated rings. The van der Waals surface area contributed by atoms with E-state index >= 15 is 0 Å². The van der Waals surface area contributed by atoms with Crippen LogP contribution in [0.1, 0.15) is 46.0 Å². The number of rotatable bonds is 7. The van der Waals surface area contributed by atoms with Crippen LogP contribution in [0.25, 0.3) is 10.9 Å². The van der Waals surface area contributed by atoms with Gasteiger partial charge in [0.2, 0.25) is 5.95 Å². The summed E-state index contributed by atoms with van der Waals surface area (Å²) in [5, 5.41) is 28.5. The second-order valence-electron chi connectivity index (χ2n) is 11.0. The molecule has 204 valence electrons. The number of hydrogen-bond donors (Lipinski definition) is 3. The Bertz CT molecular complexity index is 1430. The Balaban J connectivity index is 1.33. The second kappa shape index (κ2) is 10.8. The lowest BCUT2D eigenvalue weighted by Gasteiger charge is -2.37. The van der Waals surface area contributed by atoms with Crippen LogP contribution in [-0.4, -0.2) is 62.4 Å². The Hall–Kier alpha value is -4.27. The molecule has 0 atom stereocenters. The Morgan fingerprint density at radius 2 is 1.85 bits per heavy atom. The molecule has 5 heterocycles. The van der Waals surface area contributed by atoms with Gasteiger partial charge in [-0.3, -0.25) is 9.59 Å². The average molecular weight is 532 g/mol. The molecule has 3 aromatic heterocycles. The second-order valence-corrected chi connectivity index (χ2v) is 11.0. The topological polar surface area (TPSA) is 164 Å². The standard InChI is InChI=1S/C27H33N9O3/c1-27(2,16-28)18-7-11-36(12-8-18)26-32-20-15-30-34-25(39)23(20)24(33-26)31-19-3-4-21(29-14-19)35-9-5-17(6-10-35)13-22(37)38/h3-4,14-15,17-18H,5-13H2,1-2H3,(H,34,39)(H,37,38)(H,31,32,33). The predicted octanol–water partition coefficient (Wildman–Crippen LogP) is 3.31. The van der Waals surface area contributed by atoms with Gasteiger partial charge < -0.3 is 20.2 Å². The number of nitriles is 1. The van der Waals surface area contributed by atoms with Crippen molar-refractivity contribution in [2.45, 2.75) is 46.0 Å². The fraction of sp³-hybridized carbons (Fsp3) is 0.519. The van der Waals surface area contributed by atoms with Crippen molar-refractivity contribution in [3.8, 4) is 6.07 Å². The number of carboxylic acid groups (broad SMARTS) is 1. The van der Waals surface area contributed by atoms with Crippen LogP contribution in [0.4, 0.5) is 23.3 Å². The number of carbonyl (C=O) groups is 1. The van der Waals surface area contributed by atoms with E-state index in [0.717, 1.165) is 57.7 Å². The van der Waals surface area contributed by atoms with Gasteiger partial charge >= 0.3 is 5.97 Å². The van der Waals surface area contributed by atoms with Gasteiger partial charge in [0.25, 0.3) is 5.56 Å². The van der Waals surface area contributed by atoms with Gasteiger partial charge in [-0.2, -0.15) is 15.3 Å². The number of aromatic amines is 1. The SMILES string of the molecule is CC(C)(C#N)C1CCN(c2nc(Nc3ccc(N4CCC(CC(=O)O)CC4)nc3)c3c(=O)[nH]ncc3n2)CC1. The van der Waals surface area contributed by atoms with Gasteiger partial charge in [0.1, 0.15) is 22.5 Å². The Labute approximate surface area is 226 Å². The number of aromatic nitrogens is 5. The van der Waals surface area contributed by atoms with Crippen LogP contribution in [0.5, 0.6) is 0 Å². The molecular formula is C27H33N9O3. The summed E-state index contributed by atoms with van der Waals surface area (Å²) in [6, 6.07) is 6.24. The minimum atomic E-state index is -0.746. The van der Waals surface area contributed by atoms with E-state index in [1.807, 2.05) is 26.0 Å². The third-order valence-electron chi connectivity index (χ3n) is 8.00. The lowest BCUT2D eigenvalue weighted by Crippen LogP contribution is -2.39. The zero-order valence-electron chi connectivity index (χ0n) is 22.2. The summed E-state index contributed by atoms with van der Waals surface area (Å²) >= 11 is 0. The van der Waals surface area contributed by atoms with Crippen molar-refractivity contribution in [3.63, 3.8) is 0 Å². The zero-order chi connectivity index (χ0) is 27.6. The molecule has 0 aliphatic carbocycles. The van der Waals surface area contributed by atoms with Crippen LogP contribution in [0.3, 0.4) is 0 Å². The van der Waals surface area contributed by atoms with E-state index in [0.29, 0.717) is 34.3 Å². The molecule has 39 heavy (non-hydrogen) atoms. The summed E-state index contributed by atoms with van der Waals surface area (Å²) in [7, 11) is 0. The van der Waals surface area contributed by atoms with Crippen molar-refractivity contribution < 1.29 is 9.90 Å². The Morgan fingerprint density at radius 3 is 2.49 bits per heavy atom. The fourth-order valence-electron chi connectivity index (χ4n) is 5.51. The summed E-state index contributed by atoms with van der Waals surface area (Å²) in [5.41, 5.74) is 0.355. The molecule has 0 bridgehead atoms. The summed E-state index contributed by atoms with van der Waals surface area (Å²) in [6.45, 7) is 6.94. The number of aliphatic carboxylic acids is 1. The van der Waals surface area contributed by atoms with Crippen LogP contribution >= 0.6 is 0 Å². The van der Waals surface area contributed by atoms with Gasteiger partial charge in [0, 0.05) is 32.6 Å². The highest BCUT2D eigenvalue weighted by molar-refractivity contribution is 5.90. The first-order valence-electron chi connectivity index (χ1n) is 13.3. The minimum Gasteiger partial charge on any atom is -0.481 e. The highest BCUT2D eigenvalue weighted by Crippen LogP contribution is 2.35. The predicted molar refractivity (Wildman–Crippen MR) is 147 cm³/mol. The molecule has 0 aromatic carbocycles. The van der Waals surface area contributed by atoms with E-state index in [1.54, 1.807) is 6.20 Å². The van der Waals surface area contributed by atoms with Gasteiger partial charge in [-0.15, -0.1) is 0 Å². The van der Waals surface area contributed by atoms with E-state index in [4.69, 9.17) is 10.1 Å². The van der Waals surface area contributed by atoms with Crippen molar-refractivity contribution in [3.05, 3.63) is 34.9 Å². The quantitative estimate of drug-likeness (QED) is 0.410. The maximum Gasteiger partial charge on any atom is 0.303 e. The number of nitrogens with one attached hydrogen (secondary N) is 2. The zero-order valence-corrected chi connectivity index (χ0v) is 22.2. The molecule has 0 unspecified atom stereocenters. The number of H-pyrrole nitrogens is 1. The molecule has 5 rings (SSSR count). The maximum atomic E-state index is 12.7. The molecule has 2 saturated heterocycles. The largest absolute Gasteiger partial charge is 0.481 e. The summed E-state index contributed by atoms with van der Waals surface area (Å²) in [5.74, 6) is 1.48. The van der Waals surface area contributed by atoms with Crippen LogP contribution in [0, 0.1) is 28.6 Å². The highest BCUT2D eigenvalue weighted by atomic mass is 16.4. The number of nitrogens with zero attached hydrogens (tertiary/aromatic N) is 7. The first-order valence-corrected chi connectivity index (χ1v) is 13.3. The van der Waals surface area contributed by atoms with Crippen LogP contribution < -0.4 is 20.7 Å². The normalized spacial score (nSPS) is 17.3. The molecule has 2 aliphatic heterocycles. The van der Waals surface area contributed by atoms with E-state index in [-0.39, 0.29) is 23.3 Å². The van der Waals surface area contributed by atoms with E-state index in [9.17, 15) is 14.9 Å². The lowest BCUT2D eigenvalue weighted by molar-refractivity contribution is -0.138. The van der Waals surface area contributed by atoms with Crippen molar-refractivity contribution in [2.75, 3.05) is 41.3 Å². The Kier molecular flexibility index (Phi) is 7.32. The van der Waals surface area contributed by atoms with Gasteiger partial charge in [-0.25, -0.2) is 15.1 Å². The number of piperidine rings is 2. The van der Waals surface area contributed by atoms with Crippen molar-refractivity contribution >= 4 is 40.1 Å². The van der Waals surface area contributed by atoms with Crippen molar-refractivity contribution in [1.82, 2.24) is 25.1 Å². The van der Waals surface area contributed by atoms with Gasteiger partial charge in [0.05, 0.1) is 29.6 Å². The minimum absolute atomic E-state index is 0.205. The first-order chi connectivity index (χ1) is 18.7.